The molecule has 0 unspecified atom stereocenters. The lowest BCUT2D eigenvalue weighted by atomic mass is 10.00. The van der Waals surface area contributed by atoms with Gasteiger partial charge in [0.25, 0.3) is 11.8 Å². The van der Waals surface area contributed by atoms with Crippen LogP contribution in [0.15, 0.2) is 60.7 Å². The van der Waals surface area contributed by atoms with Crippen LogP contribution in [0.1, 0.15) is 24.0 Å². The molecule has 0 aromatic heterocycles. The average molecular weight is 617 g/mol. The highest BCUT2D eigenvalue weighted by molar-refractivity contribution is 5.84. The van der Waals surface area contributed by atoms with E-state index in [4.69, 9.17) is 28.4 Å². The number of carbonyl (C=O) groups is 2. The van der Waals surface area contributed by atoms with Crippen molar-refractivity contribution >= 4 is 11.8 Å². The Labute approximate surface area is 257 Å². The van der Waals surface area contributed by atoms with E-state index in [1.54, 1.807) is 14.2 Å². The van der Waals surface area contributed by atoms with Crippen LogP contribution in [0, 0.1) is 0 Å². The SMILES string of the molecule is COC[C@@H]1C[C@H](NC(=O)[C@H](OCc2ccccc2)[C@H](O)[C@@H](O)[C@@H](OCc2ccccc2)C(=O)N[C@@H]2CO[C@H](COC)C2)CO1. The molecule has 242 valence electrons. The van der Waals surface area contributed by atoms with Gasteiger partial charge in [0.2, 0.25) is 0 Å². The van der Waals surface area contributed by atoms with Gasteiger partial charge in [0.1, 0.15) is 12.2 Å². The number of hydrogen-bond donors (Lipinski definition) is 4. The quantitative estimate of drug-likeness (QED) is 0.200. The van der Waals surface area contributed by atoms with Crippen LogP contribution in [0.3, 0.4) is 0 Å². The van der Waals surface area contributed by atoms with Crippen molar-refractivity contribution in [1.29, 1.82) is 0 Å². The van der Waals surface area contributed by atoms with Crippen molar-refractivity contribution in [2.24, 2.45) is 0 Å². The maximum atomic E-state index is 13.5. The second-order valence-corrected chi connectivity index (χ2v) is 11.1. The first-order valence-corrected chi connectivity index (χ1v) is 14.9. The Morgan fingerprint density at radius 3 is 1.48 bits per heavy atom. The molecule has 0 saturated carbocycles. The molecule has 2 fully saturated rings. The molecule has 8 atom stereocenters. The fourth-order valence-electron chi connectivity index (χ4n) is 5.32. The summed E-state index contributed by atoms with van der Waals surface area (Å²) in [4.78, 5) is 27.0. The number of aliphatic hydroxyl groups excluding tert-OH is 2. The number of aliphatic hydroxyl groups is 2. The summed E-state index contributed by atoms with van der Waals surface area (Å²) in [6.07, 6.45) is -6.00. The molecule has 0 spiro atoms. The molecule has 2 aromatic rings. The monoisotopic (exact) mass is 616 g/mol. The van der Waals surface area contributed by atoms with Gasteiger partial charge >= 0.3 is 0 Å². The minimum atomic E-state index is -1.82. The van der Waals surface area contributed by atoms with Crippen molar-refractivity contribution in [3.8, 4) is 0 Å². The zero-order valence-electron chi connectivity index (χ0n) is 25.2. The van der Waals surface area contributed by atoms with Gasteiger partial charge in [-0.3, -0.25) is 9.59 Å². The van der Waals surface area contributed by atoms with Crippen LogP contribution < -0.4 is 10.6 Å². The summed E-state index contributed by atoms with van der Waals surface area (Å²) in [5, 5.41) is 28.6. The van der Waals surface area contributed by atoms with E-state index in [1.807, 2.05) is 60.7 Å². The molecule has 4 rings (SSSR count). The van der Waals surface area contributed by atoms with E-state index in [2.05, 4.69) is 10.6 Å². The number of benzene rings is 2. The van der Waals surface area contributed by atoms with Gasteiger partial charge in [-0.25, -0.2) is 0 Å². The minimum Gasteiger partial charge on any atom is -0.387 e. The van der Waals surface area contributed by atoms with Crippen molar-refractivity contribution in [2.45, 2.75) is 74.8 Å². The first-order valence-electron chi connectivity index (χ1n) is 14.9. The lowest BCUT2D eigenvalue weighted by Gasteiger charge is -2.31. The summed E-state index contributed by atoms with van der Waals surface area (Å²) in [5.41, 5.74) is 1.52. The molecule has 2 saturated heterocycles. The second kappa shape index (κ2) is 17.5. The molecule has 0 radical (unpaired) electrons. The summed E-state index contributed by atoms with van der Waals surface area (Å²) in [5.74, 6) is -1.29. The normalized spacial score (nSPS) is 24.4. The molecule has 2 aliphatic heterocycles. The Kier molecular flexibility index (Phi) is 13.5. The number of nitrogens with one attached hydrogen (secondary N) is 2. The van der Waals surface area contributed by atoms with E-state index in [0.717, 1.165) is 11.1 Å². The first-order chi connectivity index (χ1) is 21.4. The van der Waals surface area contributed by atoms with Crippen LogP contribution in [0.2, 0.25) is 0 Å². The molecule has 44 heavy (non-hydrogen) atoms. The lowest BCUT2D eigenvalue weighted by Crippen LogP contribution is -2.57. The maximum Gasteiger partial charge on any atom is 0.252 e. The van der Waals surface area contributed by atoms with Gasteiger partial charge in [0.15, 0.2) is 12.2 Å². The summed E-state index contributed by atoms with van der Waals surface area (Å²) in [6, 6.07) is 17.6. The predicted molar refractivity (Wildman–Crippen MR) is 158 cm³/mol. The Morgan fingerprint density at radius 1 is 0.727 bits per heavy atom. The van der Waals surface area contributed by atoms with Gasteiger partial charge in [-0.1, -0.05) is 60.7 Å². The van der Waals surface area contributed by atoms with Gasteiger partial charge < -0.3 is 49.3 Å². The number of methoxy groups -OCH3 is 2. The standard InChI is InChI=1S/C32H44N2O10/c1-39-19-25-13-23(17-41-25)33-31(37)29(43-15-21-9-5-3-6-10-21)27(35)28(36)30(44-16-22-11-7-4-8-12-22)32(38)34-24-14-26(20-40-2)42-18-24/h3-12,23-30,35-36H,13-20H2,1-2H3,(H,33,37)(H,34,38)/t23-,24-,25-,26-,27+,28+,29+,30+/m0/s1. The fourth-order valence-corrected chi connectivity index (χ4v) is 5.32. The molecule has 0 aliphatic carbocycles. The van der Waals surface area contributed by atoms with Crippen LogP contribution in [-0.2, 0) is 51.2 Å². The maximum absolute atomic E-state index is 13.5. The average Bonchev–Trinajstić information content (AvgIpc) is 3.67. The third-order valence-electron chi connectivity index (χ3n) is 7.59. The highest BCUT2D eigenvalue weighted by Crippen LogP contribution is 2.20. The van der Waals surface area contributed by atoms with Crippen molar-refractivity contribution in [2.75, 3.05) is 40.6 Å². The number of hydrogen-bond acceptors (Lipinski definition) is 10. The molecular weight excluding hydrogens is 572 g/mol. The van der Waals surface area contributed by atoms with Crippen LogP contribution in [0.5, 0.6) is 0 Å². The van der Waals surface area contributed by atoms with Gasteiger partial charge in [-0.05, 0) is 24.0 Å². The van der Waals surface area contributed by atoms with Crippen molar-refractivity contribution < 1.29 is 48.2 Å². The molecular formula is C32H44N2O10. The van der Waals surface area contributed by atoms with E-state index in [9.17, 15) is 19.8 Å². The summed E-state index contributed by atoms with van der Waals surface area (Å²) >= 11 is 0. The van der Waals surface area contributed by atoms with E-state index in [0.29, 0.717) is 26.1 Å². The fraction of sp³-hybridized carbons (Fsp3) is 0.562. The minimum absolute atomic E-state index is 0.0157. The number of rotatable bonds is 17. The third kappa shape index (κ3) is 10.0. The van der Waals surface area contributed by atoms with Gasteiger partial charge in [0.05, 0.1) is 63.9 Å². The molecule has 4 N–H and O–H groups in total. The number of amides is 2. The summed E-state index contributed by atoms with van der Waals surface area (Å²) in [7, 11) is 3.15. The van der Waals surface area contributed by atoms with Gasteiger partial charge in [-0.15, -0.1) is 0 Å². The van der Waals surface area contributed by atoms with E-state index < -0.39 is 36.2 Å². The highest BCUT2D eigenvalue weighted by atomic mass is 16.5. The van der Waals surface area contributed by atoms with Gasteiger partial charge in [0, 0.05) is 14.2 Å². The molecule has 2 aliphatic rings. The van der Waals surface area contributed by atoms with Crippen LogP contribution in [-0.4, -0.2) is 111 Å². The molecule has 2 heterocycles. The Morgan fingerprint density at radius 2 is 1.11 bits per heavy atom. The topological polar surface area (TPSA) is 154 Å². The molecule has 2 aromatic carbocycles. The number of carbonyl (C=O) groups excluding carboxylic acids is 2. The summed E-state index contributed by atoms with van der Waals surface area (Å²) < 4.78 is 33.5. The zero-order chi connectivity index (χ0) is 31.3. The Bertz CT molecular complexity index is 1050. The predicted octanol–water partition coefficient (Wildman–Crippen LogP) is 0.719. The zero-order valence-corrected chi connectivity index (χ0v) is 25.2. The Hall–Kier alpha value is -2.94. The van der Waals surface area contributed by atoms with E-state index >= 15 is 0 Å². The number of ether oxygens (including phenoxy) is 6. The summed E-state index contributed by atoms with van der Waals surface area (Å²) in [6.45, 7) is 1.27. The van der Waals surface area contributed by atoms with E-state index in [-0.39, 0.29) is 50.7 Å². The van der Waals surface area contributed by atoms with Crippen molar-refractivity contribution in [3.05, 3.63) is 71.8 Å². The molecule has 2 amide bonds. The third-order valence-corrected chi connectivity index (χ3v) is 7.59. The molecule has 0 bridgehead atoms. The highest BCUT2D eigenvalue weighted by Gasteiger charge is 2.42. The van der Waals surface area contributed by atoms with Crippen molar-refractivity contribution in [1.82, 2.24) is 10.6 Å². The van der Waals surface area contributed by atoms with Crippen molar-refractivity contribution in [3.63, 3.8) is 0 Å². The van der Waals surface area contributed by atoms with Crippen LogP contribution >= 0.6 is 0 Å². The second-order valence-electron chi connectivity index (χ2n) is 11.1. The molecule has 12 heteroatoms. The smallest absolute Gasteiger partial charge is 0.252 e. The Balaban J connectivity index is 1.49. The van der Waals surface area contributed by atoms with E-state index in [1.165, 1.54) is 0 Å². The van der Waals surface area contributed by atoms with Crippen LogP contribution in [0.25, 0.3) is 0 Å². The first kappa shape index (κ1) is 33.9. The lowest BCUT2D eigenvalue weighted by molar-refractivity contribution is -0.171. The molecule has 12 nitrogen and oxygen atoms in total. The largest absolute Gasteiger partial charge is 0.387 e. The van der Waals surface area contributed by atoms with Crippen LogP contribution in [0.4, 0.5) is 0 Å². The van der Waals surface area contributed by atoms with Gasteiger partial charge in [-0.2, -0.15) is 0 Å².